The predicted molar refractivity (Wildman–Crippen MR) is 95.0 cm³/mol. The van der Waals surface area contributed by atoms with E-state index in [2.05, 4.69) is 5.32 Å². The third-order valence-corrected chi connectivity index (χ3v) is 4.80. The minimum Gasteiger partial charge on any atom is -0.381 e. The number of carbonyl (C=O) groups is 1. The zero-order valence-electron chi connectivity index (χ0n) is 14.2. The number of rotatable bonds is 8. The van der Waals surface area contributed by atoms with Crippen LogP contribution in [0.4, 0.5) is 0 Å². The lowest BCUT2D eigenvalue weighted by Gasteiger charge is -2.24. The first-order valence-corrected chi connectivity index (χ1v) is 9.03. The largest absolute Gasteiger partial charge is 0.381 e. The van der Waals surface area contributed by atoms with Crippen molar-refractivity contribution < 1.29 is 9.53 Å². The standard InChI is InChI=1S/C19H28ClNO2/c1-14(2)19(22)18(13-16-3-5-17(20)6-4-16)21-10-7-15-8-11-23-12-9-15/h3-6,14-15,18,21H,7-13H2,1-2H3/t18-/m1/s1. The molecule has 1 aliphatic heterocycles. The SMILES string of the molecule is CC(C)C(=O)[C@@H](Cc1ccc(Cl)cc1)NCCC1CCOCC1. The molecule has 2 rings (SSSR count). The van der Waals surface area contributed by atoms with E-state index in [4.69, 9.17) is 16.3 Å². The second-order valence-electron chi connectivity index (χ2n) is 6.74. The third kappa shape index (κ3) is 6.25. The van der Waals surface area contributed by atoms with Crippen LogP contribution in [0, 0.1) is 11.8 Å². The van der Waals surface area contributed by atoms with E-state index in [0.29, 0.717) is 0 Å². The molecule has 0 amide bonds. The first kappa shape index (κ1) is 18.4. The van der Waals surface area contributed by atoms with Crippen LogP contribution in [0.5, 0.6) is 0 Å². The number of hydrogen-bond donors (Lipinski definition) is 1. The Morgan fingerprint density at radius 2 is 1.91 bits per heavy atom. The van der Waals surface area contributed by atoms with Crippen molar-refractivity contribution in [2.24, 2.45) is 11.8 Å². The van der Waals surface area contributed by atoms with Gasteiger partial charge in [0, 0.05) is 24.2 Å². The highest BCUT2D eigenvalue weighted by atomic mass is 35.5. The summed E-state index contributed by atoms with van der Waals surface area (Å²) in [5.41, 5.74) is 1.15. The van der Waals surface area contributed by atoms with Gasteiger partial charge in [-0.3, -0.25) is 4.79 Å². The third-order valence-electron chi connectivity index (χ3n) is 4.55. The Morgan fingerprint density at radius 3 is 2.52 bits per heavy atom. The van der Waals surface area contributed by atoms with Gasteiger partial charge in [-0.25, -0.2) is 0 Å². The van der Waals surface area contributed by atoms with Gasteiger partial charge in [0.15, 0.2) is 5.78 Å². The minimum atomic E-state index is -0.115. The molecule has 1 fully saturated rings. The lowest BCUT2D eigenvalue weighted by molar-refractivity contribution is -0.124. The van der Waals surface area contributed by atoms with Gasteiger partial charge in [0.05, 0.1) is 6.04 Å². The maximum absolute atomic E-state index is 12.5. The maximum atomic E-state index is 12.5. The molecule has 0 aromatic heterocycles. The molecule has 0 aliphatic carbocycles. The highest BCUT2D eigenvalue weighted by molar-refractivity contribution is 6.30. The van der Waals surface area contributed by atoms with Crippen LogP contribution in [0.15, 0.2) is 24.3 Å². The van der Waals surface area contributed by atoms with Gasteiger partial charge in [0.25, 0.3) is 0 Å². The van der Waals surface area contributed by atoms with Crippen molar-refractivity contribution in [3.63, 3.8) is 0 Å². The summed E-state index contributed by atoms with van der Waals surface area (Å²) in [6, 6.07) is 7.66. The highest BCUT2D eigenvalue weighted by Crippen LogP contribution is 2.18. The van der Waals surface area contributed by atoms with Crippen LogP contribution in [0.2, 0.25) is 5.02 Å². The van der Waals surface area contributed by atoms with Crippen molar-refractivity contribution in [1.82, 2.24) is 5.32 Å². The van der Waals surface area contributed by atoms with Crippen molar-refractivity contribution in [3.8, 4) is 0 Å². The van der Waals surface area contributed by atoms with Crippen LogP contribution in [0.1, 0.15) is 38.7 Å². The number of carbonyl (C=O) groups excluding carboxylic acids is 1. The van der Waals surface area contributed by atoms with E-state index < -0.39 is 0 Å². The molecule has 1 aromatic carbocycles. The normalized spacial score (nSPS) is 17.4. The number of ether oxygens (including phenoxy) is 1. The smallest absolute Gasteiger partial charge is 0.152 e. The maximum Gasteiger partial charge on any atom is 0.152 e. The van der Waals surface area contributed by atoms with Gasteiger partial charge < -0.3 is 10.1 Å². The molecular formula is C19H28ClNO2. The average molecular weight is 338 g/mol. The summed E-state index contributed by atoms with van der Waals surface area (Å²) in [7, 11) is 0. The Labute approximate surface area is 144 Å². The summed E-state index contributed by atoms with van der Waals surface area (Å²) >= 11 is 5.94. The van der Waals surface area contributed by atoms with E-state index in [1.165, 1.54) is 0 Å². The van der Waals surface area contributed by atoms with Crippen LogP contribution in [0.25, 0.3) is 0 Å². The molecule has 1 saturated heterocycles. The Balaban J connectivity index is 1.88. The Bertz CT molecular complexity index is 481. The molecule has 1 N–H and O–H groups in total. The van der Waals surface area contributed by atoms with E-state index in [9.17, 15) is 4.79 Å². The Kier molecular flexibility index (Phi) is 7.54. The second-order valence-corrected chi connectivity index (χ2v) is 7.18. The summed E-state index contributed by atoms with van der Waals surface area (Å²) in [6.45, 7) is 6.59. The van der Waals surface area contributed by atoms with Crippen molar-refractivity contribution in [3.05, 3.63) is 34.9 Å². The van der Waals surface area contributed by atoms with Crippen LogP contribution < -0.4 is 5.32 Å². The molecule has 0 radical (unpaired) electrons. The number of hydrogen-bond acceptors (Lipinski definition) is 3. The summed E-state index contributed by atoms with van der Waals surface area (Å²) in [5, 5.41) is 4.22. The summed E-state index contributed by atoms with van der Waals surface area (Å²) in [6.07, 6.45) is 4.12. The highest BCUT2D eigenvalue weighted by Gasteiger charge is 2.22. The first-order chi connectivity index (χ1) is 11.1. The molecule has 4 heteroatoms. The zero-order valence-corrected chi connectivity index (χ0v) is 14.9. The lowest BCUT2D eigenvalue weighted by atomic mass is 9.94. The molecule has 1 aliphatic rings. The van der Waals surface area contributed by atoms with Crippen LogP contribution in [-0.4, -0.2) is 31.6 Å². The minimum absolute atomic E-state index is 0.0443. The quantitative estimate of drug-likeness (QED) is 0.782. The molecule has 1 atom stereocenters. The zero-order chi connectivity index (χ0) is 16.7. The number of nitrogens with one attached hydrogen (secondary N) is 1. The lowest BCUT2D eigenvalue weighted by Crippen LogP contribution is -2.42. The topological polar surface area (TPSA) is 38.3 Å². The molecule has 0 saturated carbocycles. The first-order valence-electron chi connectivity index (χ1n) is 8.65. The molecule has 1 aromatic rings. The van der Waals surface area contributed by atoms with E-state index in [-0.39, 0.29) is 17.7 Å². The van der Waals surface area contributed by atoms with E-state index >= 15 is 0 Å². The van der Waals surface area contributed by atoms with Crippen molar-refractivity contribution >= 4 is 17.4 Å². The van der Waals surface area contributed by atoms with Gasteiger partial charge >= 0.3 is 0 Å². The van der Waals surface area contributed by atoms with E-state index in [0.717, 1.165) is 61.9 Å². The molecule has 0 spiro atoms. The summed E-state index contributed by atoms with van der Waals surface area (Å²) in [5.74, 6) is 1.05. The fourth-order valence-corrected chi connectivity index (χ4v) is 3.15. The average Bonchev–Trinajstić information content (AvgIpc) is 2.56. The van der Waals surface area contributed by atoms with Gasteiger partial charge in [0.2, 0.25) is 0 Å². The fraction of sp³-hybridized carbons (Fsp3) is 0.632. The molecule has 128 valence electrons. The number of Topliss-reactive ketones (excluding diaryl/α,β-unsaturated/α-hetero) is 1. The number of halogens is 1. The Morgan fingerprint density at radius 1 is 1.26 bits per heavy atom. The van der Waals surface area contributed by atoms with E-state index in [1.807, 2.05) is 38.1 Å². The Hall–Kier alpha value is -0.900. The van der Waals surface area contributed by atoms with Crippen molar-refractivity contribution in [2.45, 2.75) is 45.6 Å². The summed E-state index contributed by atoms with van der Waals surface area (Å²) in [4.78, 5) is 12.5. The molecule has 0 bridgehead atoms. The van der Waals surface area contributed by atoms with E-state index in [1.54, 1.807) is 0 Å². The molecular weight excluding hydrogens is 310 g/mol. The monoisotopic (exact) mass is 337 g/mol. The van der Waals surface area contributed by atoms with Crippen LogP contribution in [-0.2, 0) is 16.0 Å². The molecule has 0 unspecified atom stereocenters. The van der Waals surface area contributed by atoms with Gasteiger partial charge in [-0.1, -0.05) is 37.6 Å². The fourth-order valence-electron chi connectivity index (χ4n) is 3.03. The van der Waals surface area contributed by atoms with Gasteiger partial charge in [-0.2, -0.15) is 0 Å². The van der Waals surface area contributed by atoms with Gasteiger partial charge in [-0.05, 0) is 55.8 Å². The summed E-state index contributed by atoms with van der Waals surface area (Å²) < 4.78 is 5.40. The number of ketones is 1. The van der Waals surface area contributed by atoms with Crippen LogP contribution >= 0.6 is 11.6 Å². The van der Waals surface area contributed by atoms with Gasteiger partial charge in [-0.15, -0.1) is 0 Å². The number of benzene rings is 1. The molecule has 3 nitrogen and oxygen atoms in total. The van der Waals surface area contributed by atoms with Crippen molar-refractivity contribution in [2.75, 3.05) is 19.8 Å². The van der Waals surface area contributed by atoms with Crippen LogP contribution in [0.3, 0.4) is 0 Å². The molecule has 1 heterocycles. The van der Waals surface area contributed by atoms with Gasteiger partial charge in [0.1, 0.15) is 0 Å². The predicted octanol–water partition coefficient (Wildman–Crippen LogP) is 3.88. The molecule has 23 heavy (non-hydrogen) atoms. The van der Waals surface area contributed by atoms with Crippen molar-refractivity contribution in [1.29, 1.82) is 0 Å². The second kappa shape index (κ2) is 9.41.